The SMILES string of the molecule is COc1c(Cl)cc(Cl)cc1CNCC(C)(C)O. The summed E-state index contributed by atoms with van der Waals surface area (Å²) in [6.45, 7) is 4.48. The van der Waals surface area contributed by atoms with Crippen LogP contribution in [0.15, 0.2) is 12.1 Å². The molecule has 0 aromatic heterocycles. The summed E-state index contributed by atoms with van der Waals surface area (Å²) < 4.78 is 5.22. The molecule has 0 aliphatic carbocycles. The highest BCUT2D eigenvalue weighted by Crippen LogP contribution is 2.32. The molecule has 0 spiro atoms. The largest absolute Gasteiger partial charge is 0.495 e. The smallest absolute Gasteiger partial charge is 0.142 e. The van der Waals surface area contributed by atoms with Gasteiger partial charge in [0.25, 0.3) is 0 Å². The predicted molar refractivity (Wildman–Crippen MR) is 71.0 cm³/mol. The van der Waals surface area contributed by atoms with Crippen LogP contribution in [0.5, 0.6) is 5.75 Å². The van der Waals surface area contributed by atoms with Gasteiger partial charge in [-0.1, -0.05) is 23.2 Å². The first-order valence-electron chi connectivity index (χ1n) is 5.28. The van der Waals surface area contributed by atoms with Crippen molar-refractivity contribution >= 4 is 23.2 Å². The van der Waals surface area contributed by atoms with E-state index in [-0.39, 0.29) is 0 Å². The summed E-state index contributed by atoms with van der Waals surface area (Å²) in [5, 5.41) is 13.8. The zero-order valence-electron chi connectivity index (χ0n) is 10.2. The Morgan fingerprint density at radius 2 is 2.00 bits per heavy atom. The van der Waals surface area contributed by atoms with E-state index in [4.69, 9.17) is 27.9 Å². The molecule has 1 aromatic rings. The minimum atomic E-state index is -0.754. The van der Waals surface area contributed by atoms with Crippen LogP contribution in [-0.2, 0) is 6.54 Å². The number of hydrogen-bond acceptors (Lipinski definition) is 3. The lowest BCUT2D eigenvalue weighted by Gasteiger charge is -2.18. The third kappa shape index (κ3) is 4.72. The highest BCUT2D eigenvalue weighted by atomic mass is 35.5. The van der Waals surface area contributed by atoms with Gasteiger partial charge in [-0.15, -0.1) is 0 Å². The van der Waals surface area contributed by atoms with Crippen molar-refractivity contribution < 1.29 is 9.84 Å². The Hall–Kier alpha value is -0.480. The Balaban J connectivity index is 2.76. The Morgan fingerprint density at radius 3 is 2.53 bits per heavy atom. The Kier molecular flexibility index (Phi) is 5.07. The number of hydrogen-bond donors (Lipinski definition) is 2. The quantitative estimate of drug-likeness (QED) is 0.870. The zero-order chi connectivity index (χ0) is 13.1. The van der Waals surface area contributed by atoms with E-state index >= 15 is 0 Å². The van der Waals surface area contributed by atoms with E-state index in [0.29, 0.717) is 28.9 Å². The summed E-state index contributed by atoms with van der Waals surface area (Å²) in [5.41, 5.74) is 0.115. The normalized spacial score (nSPS) is 11.6. The summed E-state index contributed by atoms with van der Waals surface area (Å²) in [5.74, 6) is 0.610. The number of aliphatic hydroxyl groups is 1. The molecule has 0 heterocycles. The van der Waals surface area contributed by atoms with E-state index < -0.39 is 5.60 Å². The molecule has 3 nitrogen and oxygen atoms in total. The Morgan fingerprint density at radius 1 is 1.35 bits per heavy atom. The van der Waals surface area contributed by atoms with E-state index in [1.165, 1.54) is 0 Å². The van der Waals surface area contributed by atoms with Crippen LogP contribution in [-0.4, -0.2) is 24.4 Å². The van der Waals surface area contributed by atoms with Gasteiger partial charge in [-0.25, -0.2) is 0 Å². The van der Waals surface area contributed by atoms with Crippen molar-refractivity contribution in [3.05, 3.63) is 27.7 Å². The van der Waals surface area contributed by atoms with Crippen LogP contribution in [0.1, 0.15) is 19.4 Å². The number of halogens is 2. The fourth-order valence-electron chi connectivity index (χ4n) is 1.48. The van der Waals surface area contributed by atoms with Crippen LogP contribution in [0.4, 0.5) is 0 Å². The van der Waals surface area contributed by atoms with Gasteiger partial charge in [0.2, 0.25) is 0 Å². The van der Waals surface area contributed by atoms with Gasteiger partial charge in [0.15, 0.2) is 0 Å². The molecule has 0 saturated carbocycles. The molecule has 0 aliphatic rings. The van der Waals surface area contributed by atoms with Gasteiger partial charge in [0.1, 0.15) is 5.75 Å². The van der Waals surface area contributed by atoms with Gasteiger partial charge in [0.05, 0.1) is 17.7 Å². The number of rotatable bonds is 5. The van der Waals surface area contributed by atoms with Crippen molar-refractivity contribution in [3.8, 4) is 5.75 Å². The van der Waals surface area contributed by atoms with Crippen LogP contribution < -0.4 is 10.1 Å². The molecule has 96 valence electrons. The molecule has 2 N–H and O–H groups in total. The minimum absolute atomic E-state index is 0.473. The molecule has 0 amide bonds. The zero-order valence-corrected chi connectivity index (χ0v) is 11.7. The van der Waals surface area contributed by atoms with Crippen molar-refractivity contribution in [2.24, 2.45) is 0 Å². The molecule has 0 saturated heterocycles. The van der Waals surface area contributed by atoms with Crippen LogP contribution in [0.3, 0.4) is 0 Å². The number of nitrogens with one attached hydrogen (secondary N) is 1. The second-order valence-corrected chi connectivity index (χ2v) is 5.34. The molecule has 0 radical (unpaired) electrons. The lowest BCUT2D eigenvalue weighted by atomic mass is 10.1. The first-order valence-corrected chi connectivity index (χ1v) is 6.04. The van der Waals surface area contributed by atoms with E-state index in [2.05, 4.69) is 5.32 Å². The fourth-order valence-corrected chi connectivity index (χ4v) is 2.09. The molecule has 0 unspecified atom stereocenters. The maximum absolute atomic E-state index is 9.59. The molecule has 17 heavy (non-hydrogen) atoms. The number of ether oxygens (including phenoxy) is 1. The summed E-state index contributed by atoms with van der Waals surface area (Å²) in [4.78, 5) is 0. The van der Waals surface area contributed by atoms with Gasteiger partial charge in [-0.3, -0.25) is 0 Å². The highest BCUT2D eigenvalue weighted by Gasteiger charge is 2.13. The van der Waals surface area contributed by atoms with Crippen LogP contribution in [0.25, 0.3) is 0 Å². The second-order valence-electron chi connectivity index (χ2n) is 4.50. The lowest BCUT2D eigenvalue weighted by Crippen LogP contribution is -2.34. The van der Waals surface area contributed by atoms with Crippen LogP contribution in [0.2, 0.25) is 10.0 Å². The number of methoxy groups -OCH3 is 1. The third-order valence-corrected chi connectivity index (χ3v) is 2.66. The first-order chi connectivity index (χ1) is 7.83. The van der Waals surface area contributed by atoms with Crippen LogP contribution in [0, 0.1) is 0 Å². The van der Waals surface area contributed by atoms with E-state index in [1.807, 2.05) is 0 Å². The lowest BCUT2D eigenvalue weighted by molar-refractivity contribution is 0.0794. The van der Waals surface area contributed by atoms with E-state index in [0.717, 1.165) is 5.56 Å². The summed E-state index contributed by atoms with van der Waals surface area (Å²) in [6.07, 6.45) is 0. The van der Waals surface area contributed by atoms with Gasteiger partial charge in [-0.05, 0) is 26.0 Å². The van der Waals surface area contributed by atoms with Crippen molar-refractivity contribution in [3.63, 3.8) is 0 Å². The fraction of sp³-hybridized carbons (Fsp3) is 0.500. The average Bonchev–Trinajstić information content (AvgIpc) is 2.14. The van der Waals surface area contributed by atoms with E-state index in [9.17, 15) is 5.11 Å². The molecule has 0 aliphatic heterocycles. The van der Waals surface area contributed by atoms with Crippen molar-refractivity contribution in [2.45, 2.75) is 26.0 Å². The van der Waals surface area contributed by atoms with Crippen molar-refractivity contribution in [1.82, 2.24) is 5.32 Å². The monoisotopic (exact) mass is 277 g/mol. The standard InChI is InChI=1S/C12H17Cl2NO2/c1-12(2,16)7-15-6-8-4-9(13)5-10(14)11(8)17-3/h4-5,15-16H,6-7H2,1-3H3. The van der Waals surface area contributed by atoms with Crippen molar-refractivity contribution in [2.75, 3.05) is 13.7 Å². The molecular formula is C12H17Cl2NO2. The summed E-state index contributed by atoms with van der Waals surface area (Å²) >= 11 is 11.9. The summed E-state index contributed by atoms with van der Waals surface area (Å²) in [7, 11) is 1.56. The number of benzene rings is 1. The summed E-state index contributed by atoms with van der Waals surface area (Å²) in [6, 6.07) is 3.44. The van der Waals surface area contributed by atoms with Gasteiger partial charge in [0, 0.05) is 23.7 Å². The third-order valence-electron chi connectivity index (χ3n) is 2.16. The van der Waals surface area contributed by atoms with Crippen molar-refractivity contribution in [1.29, 1.82) is 0 Å². The van der Waals surface area contributed by atoms with E-state index in [1.54, 1.807) is 33.1 Å². The maximum Gasteiger partial charge on any atom is 0.142 e. The molecule has 1 rings (SSSR count). The highest BCUT2D eigenvalue weighted by molar-refractivity contribution is 6.35. The Labute approximate surface area is 112 Å². The molecule has 5 heteroatoms. The topological polar surface area (TPSA) is 41.5 Å². The molecular weight excluding hydrogens is 261 g/mol. The molecule has 0 bridgehead atoms. The minimum Gasteiger partial charge on any atom is -0.495 e. The van der Waals surface area contributed by atoms with Gasteiger partial charge < -0.3 is 15.2 Å². The molecule has 1 aromatic carbocycles. The second kappa shape index (κ2) is 5.91. The Bertz CT molecular complexity index is 389. The van der Waals surface area contributed by atoms with Crippen LogP contribution >= 0.6 is 23.2 Å². The maximum atomic E-state index is 9.59. The van der Waals surface area contributed by atoms with Gasteiger partial charge in [-0.2, -0.15) is 0 Å². The van der Waals surface area contributed by atoms with Gasteiger partial charge >= 0.3 is 0 Å². The predicted octanol–water partition coefficient (Wildman–Crippen LogP) is 2.86. The molecule has 0 fully saturated rings. The molecule has 0 atom stereocenters. The average molecular weight is 278 g/mol. The first kappa shape index (κ1) is 14.6.